The molecule has 0 aromatic carbocycles. The van der Waals surface area contributed by atoms with Gasteiger partial charge in [-0.05, 0) is 19.1 Å². The second kappa shape index (κ2) is 7.01. The Kier molecular flexibility index (Phi) is 4.90. The first kappa shape index (κ1) is 18.9. The molecule has 2 aromatic heterocycles. The molecule has 7 nitrogen and oxygen atoms in total. The lowest BCUT2D eigenvalue weighted by atomic mass is 10.2. The second-order valence-electron chi connectivity index (χ2n) is 6.26. The summed E-state index contributed by atoms with van der Waals surface area (Å²) in [6.07, 6.45) is -2.35. The minimum Gasteiger partial charge on any atom is -0.339 e. The molecule has 0 N–H and O–H groups in total. The van der Waals surface area contributed by atoms with Crippen LogP contribution in [0.1, 0.15) is 28.5 Å². The molecule has 1 aliphatic rings. The molecule has 27 heavy (non-hydrogen) atoms. The van der Waals surface area contributed by atoms with Crippen LogP contribution in [0.5, 0.6) is 0 Å². The first-order chi connectivity index (χ1) is 12.7. The van der Waals surface area contributed by atoms with Gasteiger partial charge in [0.1, 0.15) is 0 Å². The summed E-state index contributed by atoms with van der Waals surface area (Å²) in [5.41, 5.74) is -0.00932. The molecule has 144 valence electrons. The van der Waals surface area contributed by atoms with Gasteiger partial charge in [-0.25, -0.2) is 9.67 Å². The Morgan fingerprint density at radius 3 is 2.19 bits per heavy atom. The molecule has 2 aromatic rings. The predicted molar refractivity (Wildman–Crippen MR) is 89.3 cm³/mol. The maximum atomic E-state index is 12.7. The predicted octanol–water partition coefficient (Wildman–Crippen LogP) is 1.90. The molecule has 0 bridgehead atoms. The van der Waals surface area contributed by atoms with E-state index in [0.717, 1.165) is 12.3 Å². The van der Waals surface area contributed by atoms with E-state index in [1.54, 1.807) is 16.7 Å². The van der Waals surface area contributed by atoms with Gasteiger partial charge in [0.15, 0.2) is 5.82 Å². The molecule has 0 saturated carbocycles. The van der Waals surface area contributed by atoms with E-state index in [4.69, 9.17) is 0 Å². The summed E-state index contributed by atoms with van der Waals surface area (Å²) >= 11 is 0. The zero-order chi connectivity index (χ0) is 19.8. The highest BCUT2D eigenvalue weighted by molar-refractivity contribution is 5.95. The third-order valence-electron chi connectivity index (χ3n) is 4.54. The van der Waals surface area contributed by atoms with Crippen LogP contribution in [-0.2, 0) is 11.0 Å². The fourth-order valence-electron chi connectivity index (χ4n) is 2.92. The van der Waals surface area contributed by atoms with Crippen LogP contribution in [-0.4, -0.2) is 62.6 Å². The highest BCUT2D eigenvalue weighted by Crippen LogP contribution is 2.28. The van der Waals surface area contributed by atoms with Crippen molar-refractivity contribution in [3.8, 4) is 5.82 Å². The summed E-state index contributed by atoms with van der Waals surface area (Å²) in [5.74, 6) is -0.0608. The summed E-state index contributed by atoms with van der Waals surface area (Å²) in [5, 5.41) is 4.10. The van der Waals surface area contributed by atoms with Crippen molar-refractivity contribution in [3.63, 3.8) is 0 Å². The van der Waals surface area contributed by atoms with Gasteiger partial charge in [-0.15, -0.1) is 0 Å². The lowest BCUT2D eigenvalue weighted by Crippen LogP contribution is -2.50. The van der Waals surface area contributed by atoms with Crippen molar-refractivity contribution < 1.29 is 22.8 Å². The summed E-state index contributed by atoms with van der Waals surface area (Å²) in [4.78, 5) is 31.2. The molecule has 3 rings (SSSR count). The summed E-state index contributed by atoms with van der Waals surface area (Å²) < 4.78 is 39.3. The largest absolute Gasteiger partial charge is 0.417 e. The quantitative estimate of drug-likeness (QED) is 0.797. The van der Waals surface area contributed by atoms with E-state index in [1.807, 2.05) is 0 Å². The van der Waals surface area contributed by atoms with Crippen LogP contribution < -0.4 is 0 Å². The Labute approximate surface area is 153 Å². The number of halogens is 3. The lowest BCUT2D eigenvalue weighted by Gasteiger charge is -2.34. The highest BCUT2D eigenvalue weighted by Gasteiger charge is 2.31. The molecule has 1 fully saturated rings. The molecule has 2 amide bonds. The van der Waals surface area contributed by atoms with E-state index in [2.05, 4.69) is 10.1 Å². The molecule has 10 heteroatoms. The number of nitrogens with zero attached hydrogens (tertiary/aromatic N) is 5. The molecule has 0 radical (unpaired) electrons. The van der Waals surface area contributed by atoms with Gasteiger partial charge >= 0.3 is 6.18 Å². The third-order valence-corrected chi connectivity index (χ3v) is 4.54. The van der Waals surface area contributed by atoms with Crippen LogP contribution in [0.15, 0.2) is 24.5 Å². The third kappa shape index (κ3) is 3.79. The maximum Gasteiger partial charge on any atom is 0.417 e. The van der Waals surface area contributed by atoms with Gasteiger partial charge in [0.25, 0.3) is 5.91 Å². The van der Waals surface area contributed by atoms with Crippen molar-refractivity contribution in [1.82, 2.24) is 24.6 Å². The van der Waals surface area contributed by atoms with Gasteiger partial charge in [0.05, 0.1) is 23.0 Å². The minimum absolute atomic E-state index is 0.0283. The molecular weight excluding hydrogens is 363 g/mol. The normalized spacial score (nSPS) is 15.1. The average molecular weight is 381 g/mol. The zero-order valence-electron chi connectivity index (χ0n) is 14.8. The summed E-state index contributed by atoms with van der Waals surface area (Å²) in [7, 11) is 0. The van der Waals surface area contributed by atoms with Crippen LogP contribution in [0, 0.1) is 6.92 Å². The Balaban J connectivity index is 1.77. The standard InChI is InChI=1S/C17H18F3N5O2/c1-11-14(16(27)24-7-5-23(6-8-24)12(2)26)10-22-25(11)15-4-3-13(9-21-15)17(18,19)20/h3-4,9-10H,5-8H2,1-2H3. The number of pyridine rings is 1. The second-order valence-corrected chi connectivity index (χ2v) is 6.26. The van der Waals surface area contributed by atoms with Crippen molar-refractivity contribution in [2.75, 3.05) is 26.2 Å². The van der Waals surface area contributed by atoms with Crippen molar-refractivity contribution in [1.29, 1.82) is 0 Å². The van der Waals surface area contributed by atoms with E-state index >= 15 is 0 Å². The van der Waals surface area contributed by atoms with Gasteiger partial charge in [-0.3, -0.25) is 9.59 Å². The monoisotopic (exact) mass is 381 g/mol. The number of carbonyl (C=O) groups is 2. The highest BCUT2D eigenvalue weighted by atomic mass is 19.4. The summed E-state index contributed by atoms with van der Waals surface area (Å²) in [6.45, 7) is 4.92. The Morgan fingerprint density at radius 2 is 1.67 bits per heavy atom. The van der Waals surface area contributed by atoms with E-state index in [0.29, 0.717) is 37.4 Å². The van der Waals surface area contributed by atoms with Gasteiger partial charge in [-0.1, -0.05) is 0 Å². The Morgan fingerprint density at radius 1 is 1.04 bits per heavy atom. The van der Waals surface area contributed by atoms with Crippen LogP contribution in [0.2, 0.25) is 0 Å². The van der Waals surface area contributed by atoms with E-state index in [9.17, 15) is 22.8 Å². The summed E-state index contributed by atoms with van der Waals surface area (Å²) in [6, 6.07) is 2.13. The van der Waals surface area contributed by atoms with Gasteiger partial charge < -0.3 is 9.80 Å². The van der Waals surface area contributed by atoms with Gasteiger partial charge in [0.2, 0.25) is 5.91 Å². The van der Waals surface area contributed by atoms with Crippen LogP contribution in [0.3, 0.4) is 0 Å². The zero-order valence-corrected chi connectivity index (χ0v) is 14.8. The first-order valence-corrected chi connectivity index (χ1v) is 8.31. The van der Waals surface area contributed by atoms with Gasteiger partial charge in [0, 0.05) is 39.3 Å². The molecule has 1 aliphatic heterocycles. The fourth-order valence-corrected chi connectivity index (χ4v) is 2.92. The van der Waals surface area contributed by atoms with E-state index < -0.39 is 11.7 Å². The molecule has 0 unspecified atom stereocenters. The van der Waals surface area contributed by atoms with Crippen molar-refractivity contribution in [2.24, 2.45) is 0 Å². The number of hydrogen-bond acceptors (Lipinski definition) is 4. The molecular formula is C17H18F3N5O2. The minimum atomic E-state index is -4.46. The smallest absolute Gasteiger partial charge is 0.339 e. The lowest BCUT2D eigenvalue weighted by molar-refractivity contribution is -0.137. The number of rotatable bonds is 2. The van der Waals surface area contributed by atoms with E-state index in [1.165, 1.54) is 23.9 Å². The van der Waals surface area contributed by atoms with Crippen LogP contribution in [0.4, 0.5) is 13.2 Å². The topological polar surface area (TPSA) is 71.3 Å². The fraction of sp³-hybridized carbons (Fsp3) is 0.412. The van der Waals surface area contributed by atoms with E-state index in [-0.39, 0.29) is 17.6 Å². The first-order valence-electron chi connectivity index (χ1n) is 8.31. The molecule has 1 saturated heterocycles. The van der Waals surface area contributed by atoms with Crippen LogP contribution >= 0.6 is 0 Å². The molecule has 3 heterocycles. The SMILES string of the molecule is CC(=O)N1CCN(C(=O)c2cnn(-c3ccc(C(F)(F)F)cn3)c2C)CC1. The Bertz CT molecular complexity index is 852. The van der Waals surface area contributed by atoms with Crippen molar-refractivity contribution >= 4 is 11.8 Å². The van der Waals surface area contributed by atoms with Crippen molar-refractivity contribution in [2.45, 2.75) is 20.0 Å². The molecule has 0 atom stereocenters. The number of carbonyl (C=O) groups excluding carboxylic acids is 2. The van der Waals surface area contributed by atoms with Gasteiger partial charge in [-0.2, -0.15) is 18.3 Å². The number of amides is 2. The number of piperazine rings is 1. The van der Waals surface area contributed by atoms with Crippen LogP contribution in [0.25, 0.3) is 5.82 Å². The van der Waals surface area contributed by atoms with Crippen molar-refractivity contribution in [3.05, 3.63) is 41.3 Å². The Hall–Kier alpha value is -2.91. The molecule has 0 aliphatic carbocycles. The number of hydrogen-bond donors (Lipinski definition) is 0. The number of alkyl halides is 3. The maximum absolute atomic E-state index is 12.7. The number of aromatic nitrogens is 3. The molecule has 0 spiro atoms. The average Bonchev–Trinajstić information content (AvgIpc) is 3.02.